The fraction of sp³-hybridized carbons (Fsp3) is 0.267. The Bertz CT molecular complexity index is 523. The molecule has 0 saturated carbocycles. The number of aromatic nitrogens is 1. The summed E-state index contributed by atoms with van der Waals surface area (Å²) in [6.07, 6.45) is 1.78. The van der Waals surface area contributed by atoms with Crippen molar-refractivity contribution >= 4 is 0 Å². The topological polar surface area (TPSA) is 48.1 Å². The van der Waals surface area contributed by atoms with Crippen molar-refractivity contribution in [2.75, 3.05) is 0 Å². The van der Waals surface area contributed by atoms with E-state index < -0.39 is 0 Å². The Labute approximate surface area is 108 Å². The molecule has 1 heterocycles. The summed E-state index contributed by atoms with van der Waals surface area (Å²) in [4.78, 5) is 4.31. The van der Waals surface area contributed by atoms with Gasteiger partial charge in [-0.15, -0.1) is 0 Å². The minimum atomic E-state index is -0.0361. The zero-order chi connectivity index (χ0) is 13.0. The molecule has 0 spiro atoms. The molecule has 2 N–H and O–H groups in total. The summed E-state index contributed by atoms with van der Waals surface area (Å²) in [5.41, 5.74) is 9.03. The lowest BCUT2D eigenvalue weighted by molar-refractivity contribution is 0.296. The monoisotopic (exact) mass is 242 g/mol. The Kier molecular flexibility index (Phi) is 3.95. The lowest BCUT2D eigenvalue weighted by Gasteiger charge is -2.14. The smallest absolute Gasteiger partial charge is 0.130 e. The standard InChI is InChI=1S/C15H18N2O/c1-11-6-5-9-17-14(11)10-18-15-8-4-3-7-13(15)12(2)16/h3-9,12H,10,16H2,1-2H3. The average molecular weight is 242 g/mol. The van der Waals surface area contributed by atoms with Crippen LogP contribution >= 0.6 is 0 Å². The molecule has 0 aliphatic carbocycles. The predicted molar refractivity (Wildman–Crippen MR) is 72.4 cm³/mol. The van der Waals surface area contributed by atoms with Crippen LogP contribution in [0.4, 0.5) is 0 Å². The van der Waals surface area contributed by atoms with E-state index in [1.54, 1.807) is 6.20 Å². The number of ether oxygens (including phenoxy) is 1. The van der Waals surface area contributed by atoms with Gasteiger partial charge in [0.05, 0.1) is 5.69 Å². The molecule has 1 atom stereocenters. The van der Waals surface area contributed by atoms with E-state index in [0.29, 0.717) is 6.61 Å². The predicted octanol–water partition coefficient (Wildman–Crippen LogP) is 2.99. The highest BCUT2D eigenvalue weighted by Crippen LogP contribution is 2.24. The van der Waals surface area contributed by atoms with Crippen molar-refractivity contribution in [1.29, 1.82) is 0 Å². The highest BCUT2D eigenvalue weighted by atomic mass is 16.5. The lowest BCUT2D eigenvalue weighted by Crippen LogP contribution is -2.08. The molecule has 3 heteroatoms. The molecule has 2 aromatic rings. The average Bonchev–Trinajstić information content (AvgIpc) is 2.38. The minimum Gasteiger partial charge on any atom is -0.487 e. The normalized spacial score (nSPS) is 12.2. The molecule has 0 amide bonds. The molecule has 0 saturated heterocycles. The van der Waals surface area contributed by atoms with Crippen LogP contribution in [0.5, 0.6) is 5.75 Å². The molecule has 0 aliphatic heterocycles. The molecule has 94 valence electrons. The van der Waals surface area contributed by atoms with Gasteiger partial charge in [-0.3, -0.25) is 4.98 Å². The third-order valence-corrected chi connectivity index (χ3v) is 2.89. The van der Waals surface area contributed by atoms with Crippen LogP contribution in [-0.2, 0) is 6.61 Å². The third-order valence-electron chi connectivity index (χ3n) is 2.89. The largest absolute Gasteiger partial charge is 0.487 e. The van der Waals surface area contributed by atoms with Crippen molar-refractivity contribution in [1.82, 2.24) is 4.98 Å². The summed E-state index contributed by atoms with van der Waals surface area (Å²) in [6, 6.07) is 11.8. The Morgan fingerprint density at radius 2 is 2.00 bits per heavy atom. The van der Waals surface area contributed by atoms with Gasteiger partial charge in [-0.05, 0) is 31.5 Å². The number of pyridine rings is 1. The van der Waals surface area contributed by atoms with Crippen LogP contribution in [0.3, 0.4) is 0 Å². The molecule has 0 fully saturated rings. The molecule has 0 aliphatic rings. The second-order valence-corrected chi connectivity index (χ2v) is 4.38. The third kappa shape index (κ3) is 2.87. The maximum atomic E-state index is 5.92. The number of hydrogen-bond acceptors (Lipinski definition) is 3. The van der Waals surface area contributed by atoms with E-state index in [4.69, 9.17) is 10.5 Å². The van der Waals surface area contributed by atoms with Crippen molar-refractivity contribution in [2.24, 2.45) is 5.73 Å². The van der Waals surface area contributed by atoms with Gasteiger partial charge in [0.25, 0.3) is 0 Å². The molecule has 0 radical (unpaired) electrons. The quantitative estimate of drug-likeness (QED) is 0.896. The van der Waals surface area contributed by atoms with Crippen molar-refractivity contribution in [2.45, 2.75) is 26.5 Å². The van der Waals surface area contributed by atoms with Crippen molar-refractivity contribution in [3.8, 4) is 5.75 Å². The number of benzene rings is 1. The molecule has 1 aromatic heterocycles. The van der Waals surface area contributed by atoms with E-state index in [0.717, 1.165) is 22.6 Å². The van der Waals surface area contributed by atoms with E-state index in [-0.39, 0.29) is 6.04 Å². The van der Waals surface area contributed by atoms with Gasteiger partial charge in [-0.25, -0.2) is 0 Å². The second kappa shape index (κ2) is 5.65. The molecule has 0 bridgehead atoms. The van der Waals surface area contributed by atoms with Gasteiger partial charge in [-0.2, -0.15) is 0 Å². The minimum absolute atomic E-state index is 0.0361. The number of nitrogens with two attached hydrogens (primary N) is 1. The van der Waals surface area contributed by atoms with Crippen LogP contribution in [0, 0.1) is 6.92 Å². The van der Waals surface area contributed by atoms with Gasteiger partial charge in [0.1, 0.15) is 12.4 Å². The number of aryl methyl sites for hydroxylation is 1. The molecule has 18 heavy (non-hydrogen) atoms. The van der Waals surface area contributed by atoms with Gasteiger partial charge in [0.15, 0.2) is 0 Å². The van der Waals surface area contributed by atoms with Gasteiger partial charge in [0, 0.05) is 17.8 Å². The van der Waals surface area contributed by atoms with Crippen LogP contribution in [0.2, 0.25) is 0 Å². The van der Waals surface area contributed by atoms with E-state index in [2.05, 4.69) is 4.98 Å². The Morgan fingerprint density at radius 1 is 1.22 bits per heavy atom. The Balaban J connectivity index is 2.14. The summed E-state index contributed by atoms with van der Waals surface area (Å²) in [5.74, 6) is 0.831. The fourth-order valence-corrected chi connectivity index (χ4v) is 1.80. The summed E-state index contributed by atoms with van der Waals surface area (Å²) >= 11 is 0. The number of nitrogens with zero attached hydrogens (tertiary/aromatic N) is 1. The molecule has 1 unspecified atom stereocenters. The van der Waals surface area contributed by atoms with Crippen molar-refractivity contribution in [3.05, 3.63) is 59.4 Å². The van der Waals surface area contributed by atoms with Crippen LogP contribution in [0.15, 0.2) is 42.6 Å². The highest BCUT2D eigenvalue weighted by molar-refractivity contribution is 5.35. The molecular weight excluding hydrogens is 224 g/mol. The van der Waals surface area contributed by atoms with Crippen LogP contribution in [-0.4, -0.2) is 4.98 Å². The zero-order valence-corrected chi connectivity index (χ0v) is 10.8. The number of para-hydroxylation sites is 1. The van der Waals surface area contributed by atoms with E-state index in [1.165, 1.54) is 0 Å². The zero-order valence-electron chi connectivity index (χ0n) is 10.8. The maximum Gasteiger partial charge on any atom is 0.130 e. The Morgan fingerprint density at radius 3 is 2.72 bits per heavy atom. The highest BCUT2D eigenvalue weighted by Gasteiger charge is 2.08. The fourth-order valence-electron chi connectivity index (χ4n) is 1.80. The second-order valence-electron chi connectivity index (χ2n) is 4.38. The van der Waals surface area contributed by atoms with E-state index in [1.807, 2.05) is 50.2 Å². The summed E-state index contributed by atoms with van der Waals surface area (Å²) in [5, 5.41) is 0. The molecule has 1 aromatic carbocycles. The first-order valence-electron chi connectivity index (χ1n) is 6.06. The molecule has 3 nitrogen and oxygen atoms in total. The summed E-state index contributed by atoms with van der Waals surface area (Å²) < 4.78 is 5.82. The summed E-state index contributed by atoms with van der Waals surface area (Å²) in [6.45, 7) is 4.45. The molecule has 2 rings (SSSR count). The SMILES string of the molecule is Cc1cccnc1COc1ccccc1C(C)N. The van der Waals surface area contributed by atoms with Crippen LogP contribution in [0.1, 0.15) is 29.8 Å². The maximum absolute atomic E-state index is 5.92. The molecular formula is C15H18N2O. The lowest BCUT2D eigenvalue weighted by atomic mass is 10.1. The first kappa shape index (κ1) is 12.6. The number of hydrogen-bond donors (Lipinski definition) is 1. The van der Waals surface area contributed by atoms with Gasteiger partial charge in [0.2, 0.25) is 0 Å². The first-order chi connectivity index (χ1) is 8.68. The van der Waals surface area contributed by atoms with Gasteiger partial charge >= 0.3 is 0 Å². The van der Waals surface area contributed by atoms with Crippen molar-refractivity contribution in [3.63, 3.8) is 0 Å². The van der Waals surface area contributed by atoms with Crippen LogP contribution < -0.4 is 10.5 Å². The summed E-state index contributed by atoms with van der Waals surface area (Å²) in [7, 11) is 0. The number of rotatable bonds is 4. The van der Waals surface area contributed by atoms with Gasteiger partial charge in [-0.1, -0.05) is 24.3 Å². The van der Waals surface area contributed by atoms with Crippen molar-refractivity contribution < 1.29 is 4.74 Å². The van der Waals surface area contributed by atoms with E-state index >= 15 is 0 Å². The van der Waals surface area contributed by atoms with Crippen LogP contribution in [0.25, 0.3) is 0 Å². The van der Waals surface area contributed by atoms with Gasteiger partial charge < -0.3 is 10.5 Å². The van der Waals surface area contributed by atoms with E-state index in [9.17, 15) is 0 Å². The Hall–Kier alpha value is -1.87. The first-order valence-corrected chi connectivity index (χ1v) is 6.06.